The first kappa shape index (κ1) is 10.6. The zero-order valence-corrected chi connectivity index (χ0v) is 10.4. The first-order valence-corrected chi connectivity index (χ1v) is 6.54. The molecule has 0 aromatic carbocycles. The molecule has 0 spiro atoms. The van der Waals surface area contributed by atoms with E-state index in [1.54, 1.807) is 11.3 Å². The molecule has 1 atom stereocenters. The van der Waals surface area contributed by atoms with Crippen LogP contribution in [0.4, 0.5) is 0 Å². The molecule has 1 N–H and O–H groups in total. The van der Waals surface area contributed by atoms with Crippen molar-refractivity contribution in [3.05, 3.63) is 20.8 Å². The van der Waals surface area contributed by atoms with Crippen LogP contribution in [0.25, 0.3) is 0 Å². The maximum atomic E-state index is 9.52. The van der Waals surface area contributed by atoms with E-state index in [-0.39, 0.29) is 6.10 Å². The van der Waals surface area contributed by atoms with Crippen molar-refractivity contribution in [1.82, 2.24) is 4.90 Å². The molecule has 1 saturated heterocycles. The van der Waals surface area contributed by atoms with Gasteiger partial charge >= 0.3 is 0 Å². The van der Waals surface area contributed by atoms with E-state index < -0.39 is 0 Å². The van der Waals surface area contributed by atoms with Crippen LogP contribution >= 0.6 is 27.3 Å². The first-order chi connectivity index (χ1) is 6.74. The second kappa shape index (κ2) is 4.75. The van der Waals surface area contributed by atoms with Gasteiger partial charge in [0.25, 0.3) is 0 Å². The molecule has 2 rings (SSSR count). The molecule has 78 valence electrons. The summed E-state index contributed by atoms with van der Waals surface area (Å²) >= 11 is 5.23. The van der Waals surface area contributed by atoms with Crippen LogP contribution < -0.4 is 0 Å². The van der Waals surface area contributed by atoms with Crippen molar-refractivity contribution >= 4 is 27.3 Å². The van der Waals surface area contributed by atoms with Gasteiger partial charge in [-0.25, -0.2) is 0 Å². The summed E-state index contributed by atoms with van der Waals surface area (Å²) in [6.07, 6.45) is 1.96. The Balaban J connectivity index is 1.90. The smallest absolute Gasteiger partial charge is 0.0667 e. The Hall–Kier alpha value is 0.1000. The molecular formula is C10H14BrNOS. The molecule has 1 aliphatic rings. The maximum Gasteiger partial charge on any atom is 0.0667 e. The van der Waals surface area contributed by atoms with Gasteiger partial charge in [0.2, 0.25) is 0 Å². The van der Waals surface area contributed by atoms with Gasteiger partial charge < -0.3 is 5.11 Å². The van der Waals surface area contributed by atoms with E-state index in [1.807, 2.05) is 0 Å². The maximum absolute atomic E-state index is 9.52. The highest BCUT2D eigenvalue weighted by molar-refractivity contribution is 9.10. The summed E-state index contributed by atoms with van der Waals surface area (Å²) in [5.41, 5.74) is 0. The third kappa shape index (κ3) is 2.79. The molecule has 0 unspecified atom stereocenters. The van der Waals surface area contributed by atoms with Gasteiger partial charge in [0.1, 0.15) is 0 Å². The predicted octanol–water partition coefficient (Wildman–Crippen LogP) is 2.47. The standard InChI is InChI=1S/C10H14BrNOS/c11-8-4-10(14-7-8)6-12-3-1-2-9(13)5-12/h4,7,9,13H,1-3,5-6H2/t9-/m1/s1. The van der Waals surface area contributed by atoms with Gasteiger partial charge in [-0.05, 0) is 41.4 Å². The van der Waals surface area contributed by atoms with E-state index in [4.69, 9.17) is 0 Å². The van der Waals surface area contributed by atoms with Crippen molar-refractivity contribution in [2.75, 3.05) is 13.1 Å². The topological polar surface area (TPSA) is 23.5 Å². The summed E-state index contributed by atoms with van der Waals surface area (Å²) in [7, 11) is 0. The largest absolute Gasteiger partial charge is 0.392 e. The number of rotatable bonds is 2. The molecule has 1 aromatic rings. The van der Waals surface area contributed by atoms with E-state index >= 15 is 0 Å². The lowest BCUT2D eigenvalue weighted by atomic mass is 10.1. The summed E-state index contributed by atoms with van der Waals surface area (Å²) in [6, 6.07) is 2.16. The lowest BCUT2D eigenvalue weighted by Gasteiger charge is -2.29. The highest BCUT2D eigenvalue weighted by atomic mass is 79.9. The number of halogens is 1. The normalized spacial score (nSPS) is 24.0. The van der Waals surface area contributed by atoms with Crippen LogP contribution in [-0.4, -0.2) is 29.2 Å². The molecule has 1 fully saturated rings. The van der Waals surface area contributed by atoms with E-state index in [1.165, 1.54) is 4.88 Å². The second-order valence-electron chi connectivity index (χ2n) is 3.76. The summed E-state index contributed by atoms with van der Waals surface area (Å²) in [6.45, 7) is 2.93. The zero-order valence-electron chi connectivity index (χ0n) is 7.95. The molecule has 0 bridgehead atoms. The average Bonchev–Trinajstić information content (AvgIpc) is 2.51. The minimum Gasteiger partial charge on any atom is -0.392 e. The Kier molecular flexibility index (Phi) is 3.60. The highest BCUT2D eigenvalue weighted by Crippen LogP contribution is 2.22. The van der Waals surface area contributed by atoms with E-state index in [0.29, 0.717) is 0 Å². The summed E-state index contributed by atoms with van der Waals surface area (Å²) < 4.78 is 1.16. The molecule has 2 nitrogen and oxygen atoms in total. The minimum absolute atomic E-state index is 0.118. The molecule has 2 heterocycles. The van der Waals surface area contributed by atoms with Crippen molar-refractivity contribution in [2.45, 2.75) is 25.5 Å². The van der Waals surface area contributed by atoms with Crippen LogP contribution in [0.1, 0.15) is 17.7 Å². The lowest BCUT2D eigenvalue weighted by Crippen LogP contribution is -2.37. The number of β-amino-alcohol motifs (C(OH)–C–C–N with tert-alkyl or cyclic N) is 1. The predicted molar refractivity (Wildman–Crippen MR) is 62.5 cm³/mol. The van der Waals surface area contributed by atoms with Gasteiger partial charge in [-0.15, -0.1) is 11.3 Å². The Morgan fingerprint density at radius 2 is 2.50 bits per heavy atom. The zero-order chi connectivity index (χ0) is 9.97. The van der Waals surface area contributed by atoms with E-state index in [0.717, 1.165) is 36.9 Å². The third-order valence-electron chi connectivity index (χ3n) is 2.48. The number of hydrogen-bond acceptors (Lipinski definition) is 3. The molecule has 0 amide bonds. The quantitative estimate of drug-likeness (QED) is 0.897. The van der Waals surface area contributed by atoms with Gasteiger partial charge in [-0.2, -0.15) is 0 Å². The Labute approximate surface area is 96.7 Å². The SMILES string of the molecule is O[C@@H]1CCCN(Cc2cc(Br)cs2)C1. The third-order valence-corrected chi connectivity index (χ3v) is 4.16. The van der Waals surface area contributed by atoms with Crippen molar-refractivity contribution in [1.29, 1.82) is 0 Å². The highest BCUT2D eigenvalue weighted by Gasteiger charge is 2.17. The monoisotopic (exact) mass is 275 g/mol. The molecular weight excluding hydrogens is 262 g/mol. The summed E-state index contributed by atoms with van der Waals surface area (Å²) in [5.74, 6) is 0. The molecule has 0 aliphatic carbocycles. The molecule has 0 saturated carbocycles. The fraction of sp³-hybridized carbons (Fsp3) is 0.600. The molecule has 1 aliphatic heterocycles. The van der Waals surface area contributed by atoms with Crippen LogP contribution in [0.15, 0.2) is 15.9 Å². The number of aliphatic hydroxyl groups excluding tert-OH is 1. The van der Waals surface area contributed by atoms with Gasteiger partial charge in [0.15, 0.2) is 0 Å². The van der Waals surface area contributed by atoms with Gasteiger partial charge in [-0.1, -0.05) is 0 Å². The van der Waals surface area contributed by atoms with Gasteiger partial charge in [0, 0.05) is 27.8 Å². The van der Waals surface area contributed by atoms with Crippen molar-refractivity contribution in [2.24, 2.45) is 0 Å². The van der Waals surface area contributed by atoms with E-state index in [2.05, 4.69) is 32.3 Å². The summed E-state index contributed by atoms with van der Waals surface area (Å²) in [4.78, 5) is 3.69. The van der Waals surface area contributed by atoms with Gasteiger partial charge in [-0.3, -0.25) is 4.90 Å². The lowest BCUT2D eigenvalue weighted by molar-refractivity contribution is 0.0673. The fourth-order valence-corrected chi connectivity index (χ4v) is 3.32. The molecule has 0 radical (unpaired) electrons. The van der Waals surface area contributed by atoms with Crippen LogP contribution in [0.5, 0.6) is 0 Å². The molecule has 1 aromatic heterocycles. The number of likely N-dealkylation sites (tertiary alicyclic amines) is 1. The molecule has 14 heavy (non-hydrogen) atoms. The summed E-state index contributed by atoms with van der Waals surface area (Å²) in [5, 5.41) is 11.6. The van der Waals surface area contributed by atoms with E-state index in [9.17, 15) is 5.11 Å². The number of aliphatic hydroxyl groups is 1. The minimum atomic E-state index is -0.118. The fourth-order valence-electron chi connectivity index (χ4n) is 1.83. The second-order valence-corrected chi connectivity index (χ2v) is 5.67. The number of thiophene rings is 1. The number of piperidine rings is 1. The van der Waals surface area contributed by atoms with Crippen molar-refractivity contribution < 1.29 is 5.11 Å². The van der Waals surface area contributed by atoms with Crippen molar-refractivity contribution in [3.8, 4) is 0 Å². The number of hydrogen-bond donors (Lipinski definition) is 1. The first-order valence-electron chi connectivity index (χ1n) is 4.87. The van der Waals surface area contributed by atoms with Crippen LogP contribution in [0, 0.1) is 0 Å². The Bertz CT molecular complexity index is 302. The Morgan fingerprint density at radius 1 is 1.64 bits per heavy atom. The average molecular weight is 276 g/mol. The van der Waals surface area contributed by atoms with Crippen LogP contribution in [-0.2, 0) is 6.54 Å². The number of nitrogens with zero attached hydrogens (tertiary/aromatic N) is 1. The molecule has 4 heteroatoms. The van der Waals surface area contributed by atoms with Crippen LogP contribution in [0.3, 0.4) is 0 Å². The van der Waals surface area contributed by atoms with Gasteiger partial charge in [0.05, 0.1) is 6.10 Å². The Morgan fingerprint density at radius 3 is 3.14 bits per heavy atom. The van der Waals surface area contributed by atoms with Crippen molar-refractivity contribution in [3.63, 3.8) is 0 Å². The van der Waals surface area contributed by atoms with Crippen LogP contribution in [0.2, 0.25) is 0 Å².